The lowest BCUT2D eigenvalue weighted by atomic mass is 10.2. The molecule has 0 saturated carbocycles. The van der Waals surface area contributed by atoms with Gasteiger partial charge in [-0.15, -0.1) is 10.2 Å². The van der Waals surface area contributed by atoms with Crippen molar-refractivity contribution in [3.63, 3.8) is 0 Å². The Hall–Kier alpha value is -2.67. The summed E-state index contributed by atoms with van der Waals surface area (Å²) in [4.78, 5) is 12.3. The first kappa shape index (κ1) is 17.2. The van der Waals surface area contributed by atoms with Crippen LogP contribution in [0.1, 0.15) is 12.5 Å². The van der Waals surface area contributed by atoms with Crippen LogP contribution in [0.15, 0.2) is 58.2 Å². The number of rotatable bonds is 5. The van der Waals surface area contributed by atoms with Crippen molar-refractivity contribution in [1.82, 2.24) is 10.2 Å². The molecule has 3 rings (SSSR count). The third-order valence-corrected chi connectivity index (χ3v) is 4.36. The SMILES string of the molecule is Cc1cccc(NC(=O)[C@@H](C)Sc2nnc(-c3ccc(F)cc3)o2)c1. The highest BCUT2D eigenvalue weighted by atomic mass is 32.2. The Morgan fingerprint density at radius 1 is 1.20 bits per heavy atom. The number of amides is 1. The Morgan fingerprint density at radius 2 is 1.96 bits per heavy atom. The first-order valence-corrected chi connectivity index (χ1v) is 8.53. The molecule has 0 aliphatic heterocycles. The van der Waals surface area contributed by atoms with Crippen LogP contribution in [0.5, 0.6) is 0 Å². The van der Waals surface area contributed by atoms with Crippen LogP contribution in [-0.4, -0.2) is 21.4 Å². The molecule has 1 N–H and O–H groups in total. The predicted molar refractivity (Wildman–Crippen MR) is 94.8 cm³/mol. The summed E-state index contributed by atoms with van der Waals surface area (Å²) in [5, 5.41) is 10.6. The van der Waals surface area contributed by atoms with E-state index in [4.69, 9.17) is 4.42 Å². The lowest BCUT2D eigenvalue weighted by Gasteiger charge is -2.10. The second-order valence-electron chi connectivity index (χ2n) is 5.50. The number of carbonyl (C=O) groups excluding carboxylic acids is 1. The number of nitrogens with zero attached hydrogens (tertiary/aromatic N) is 2. The van der Waals surface area contributed by atoms with E-state index in [0.717, 1.165) is 11.3 Å². The molecular weight excluding hydrogens is 341 g/mol. The normalized spacial score (nSPS) is 12.0. The maximum Gasteiger partial charge on any atom is 0.277 e. The lowest BCUT2D eigenvalue weighted by Crippen LogP contribution is -2.22. The second-order valence-corrected chi connectivity index (χ2v) is 6.79. The van der Waals surface area contributed by atoms with E-state index >= 15 is 0 Å². The summed E-state index contributed by atoms with van der Waals surface area (Å²) in [6, 6.07) is 13.3. The first-order valence-electron chi connectivity index (χ1n) is 7.65. The number of anilines is 1. The predicted octanol–water partition coefficient (Wildman–Crippen LogP) is 4.30. The zero-order valence-electron chi connectivity index (χ0n) is 13.7. The summed E-state index contributed by atoms with van der Waals surface area (Å²) in [5.41, 5.74) is 2.44. The van der Waals surface area contributed by atoms with E-state index in [0.29, 0.717) is 5.56 Å². The van der Waals surface area contributed by atoms with Crippen molar-refractivity contribution in [2.45, 2.75) is 24.3 Å². The Morgan fingerprint density at radius 3 is 2.68 bits per heavy atom. The van der Waals surface area contributed by atoms with Crippen LogP contribution < -0.4 is 5.32 Å². The molecule has 0 radical (unpaired) electrons. The number of nitrogens with one attached hydrogen (secondary N) is 1. The van der Waals surface area contributed by atoms with Gasteiger partial charge < -0.3 is 9.73 Å². The van der Waals surface area contributed by atoms with E-state index in [1.165, 1.54) is 23.9 Å². The number of thioether (sulfide) groups is 1. The molecule has 2 aromatic carbocycles. The fraction of sp³-hybridized carbons (Fsp3) is 0.167. The van der Waals surface area contributed by atoms with Gasteiger partial charge in [-0.3, -0.25) is 4.79 Å². The Balaban J connectivity index is 1.63. The highest BCUT2D eigenvalue weighted by molar-refractivity contribution is 8.00. The van der Waals surface area contributed by atoms with Gasteiger partial charge in [0.2, 0.25) is 11.8 Å². The fourth-order valence-corrected chi connectivity index (χ4v) is 2.82. The molecule has 0 aliphatic carbocycles. The minimum absolute atomic E-state index is 0.155. The average Bonchev–Trinajstić information content (AvgIpc) is 3.04. The fourth-order valence-electron chi connectivity index (χ4n) is 2.14. The first-order chi connectivity index (χ1) is 12.0. The van der Waals surface area contributed by atoms with Crippen LogP contribution in [0.4, 0.5) is 10.1 Å². The van der Waals surface area contributed by atoms with Crippen LogP contribution in [-0.2, 0) is 4.79 Å². The summed E-state index contributed by atoms with van der Waals surface area (Å²) >= 11 is 1.17. The quantitative estimate of drug-likeness (QED) is 0.690. The Labute approximate surface area is 148 Å². The van der Waals surface area contributed by atoms with Gasteiger partial charge in [0.1, 0.15) is 5.82 Å². The number of aryl methyl sites for hydroxylation is 1. The molecule has 0 aliphatic rings. The van der Waals surface area contributed by atoms with Crippen molar-refractivity contribution in [3.05, 3.63) is 59.9 Å². The van der Waals surface area contributed by atoms with Gasteiger partial charge in [-0.1, -0.05) is 23.9 Å². The van der Waals surface area contributed by atoms with Crippen LogP contribution in [0, 0.1) is 12.7 Å². The van der Waals surface area contributed by atoms with Gasteiger partial charge in [-0.25, -0.2) is 4.39 Å². The summed E-state index contributed by atoms with van der Waals surface area (Å²) in [6.07, 6.45) is 0. The smallest absolute Gasteiger partial charge is 0.277 e. The van der Waals surface area contributed by atoms with Crippen LogP contribution in [0.2, 0.25) is 0 Å². The van der Waals surface area contributed by atoms with E-state index in [9.17, 15) is 9.18 Å². The summed E-state index contributed by atoms with van der Waals surface area (Å²) in [5.74, 6) is -0.203. The van der Waals surface area contributed by atoms with E-state index in [2.05, 4.69) is 15.5 Å². The number of carbonyl (C=O) groups is 1. The number of benzene rings is 2. The zero-order valence-corrected chi connectivity index (χ0v) is 14.5. The monoisotopic (exact) mass is 357 g/mol. The number of aromatic nitrogens is 2. The molecule has 3 aromatic rings. The lowest BCUT2D eigenvalue weighted by molar-refractivity contribution is -0.115. The molecule has 1 atom stereocenters. The summed E-state index contributed by atoms with van der Waals surface area (Å²) < 4.78 is 18.5. The number of hydrogen-bond donors (Lipinski definition) is 1. The van der Waals surface area contributed by atoms with E-state index in [-0.39, 0.29) is 22.8 Å². The Kier molecular flexibility index (Phi) is 5.14. The van der Waals surface area contributed by atoms with Gasteiger partial charge in [0.05, 0.1) is 5.25 Å². The molecule has 1 heterocycles. The third kappa shape index (κ3) is 4.45. The Bertz CT molecular complexity index is 880. The van der Waals surface area contributed by atoms with Crippen molar-refractivity contribution < 1.29 is 13.6 Å². The molecular formula is C18H16FN3O2S. The van der Waals surface area contributed by atoms with Gasteiger partial charge in [0.15, 0.2) is 0 Å². The largest absolute Gasteiger partial charge is 0.411 e. The van der Waals surface area contributed by atoms with Gasteiger partial charge in [0.25, 0.3) is 5.22 Å². The van der Waals surface area contributed by atoms with Gasteiger partial charge in [-0.2, -0.15) is 0 Å². The second kappa shape index (κ2) is 7.48. The maximum atomic E-state index is 13.0. The molecule has 0 bridgehead atoms. The average molecular weight is 357 g/mol. The molecule has 5 nitrogen and oxygen atoms in total. The van der Waals surface area contributed by atoms with Crippen molar-refractivity contribution in [2.24, 2.45) is 0 Å². The molecule has 7 heteroatoms. The molecule has 1 aromatic heterocycles. The molecule has 0 spiro atoms. The molecule has 0 saturated heterocycles. The van der Waals surface area contributed by atoms with Crippen LogP contribution >= 0.6 is 11.8 Å². The van der Waals surface area contributed by atoms with Gasteiger partial charge >= 0.3 is 0 Å². The van der Waals surface area contributed by atoms with E-state index < -0.39 is 5.25 Å². The van der Waals surface area contributed by atoms with E-state index in [1.54, 1.807) is 19.1 Å². The van der Waals surface area contributed by atoms with Crippen molar-refractivity contribution in [1.29, 1.82) is 0 Å². The summed E-state index contributed by atoms with van der Waals surface area (Å²) in [6.45, 7) is 3.72. The molecule has 25 heavy (non-hydrogen) atoms. The van der Waals surface area contributed by atoms with Crippen molar-refractivity contribution >= 4 is 23.4 Å². The van der Waals surface area contributed by atoms with Gasteiger partial charge in [0, 0.05) is 11.3 Å². The maximum absolute atomic E-state index is 13.0. The standard InChI is InChI=1S/C18H16FN3O2S/c1-11-4-3-5-15(10-11)20-16(23)12(2)25-18-22-21-17(24-18)13-6-8-14(19)9-7-13/h3-10,12H,1-2H3,(H,20,23)/t12-/m1/s1. The zero-order chi connectivity index (χ0) is 17.8. The minimum Gasteiger partial charge on any atom is -0.411 e. The van der Waals surface area contributed by atoms with Crippen LogP contribution in [0.3, 0.4) is 0 Å². The molecule has 0 fully saturated rings. The van der Waals surface area contributed by atoms with Gasteiger partial charge in [-0.05, 0) is 55.8 Å². The number of hydrogen-bond acceptors (Lipinski definition) is 5. The summed E-state index contributed by atoms with van der Waals surface area (Å²) in [7, 11) is 0. The topological polar surface area (TPSA) is 68.0 Å². The molecule has 1 amide bonds. The van der Waals surface area contributed by atoms with Crippen LogP contribution in [0.25, 0.3) is 11.5 Å². The molecule has 0 unspecified atom stereocenters. The highest BCUT2D eigenvalue weighted by Gasteiger charge is 2.19. The number of halogens is 1. The third-order valence-electron chi connectivity index (χ3n) is 3.43. The molecule has 128 valence electrons. The van der Waals surface area contributed by atoms with Crippen molar-refractivity contribution in [3.8, 4) is 11.5 Å². The highest BCUT2D eigenvalue weighted by Crippen LogP contribution is 2.27. The minimum atomic E-state index is -0.415. The van der Waals surface area contributed by atoms with Crippen molar-refractivity contribution in [2.75, 3.05) is 5.32 Å². The van der Waals surface area contributed by atoms with E-state index in [1.807, 2.05) is 31.2 Å².